The molecule has 0 bridgehead atoms. The van der Waals surface area contributed by atoms with E-state index in [9.17, 15) is 30.3 Å². The highest BCUT2D eigenvalue weighted by Crippen LogP contribution is 2.23. The highest BCUT2D eigenvalue weighted by atomic mass is 16.7. The maximum atomic E-state index is 13.1. The van der Waals surface area contributed by atoms with Crippen LogP contribution in [0.15, 0.2) is 134 Å². The van der Waals surface area contributed by atoms with E-state index in [1.54, 1.807) is 6.08 Å². The van der Waals surface area contributed by atoms with Crippen LogP contribution in [-0.4, -0.2) is 87.5 Å². The van der Waals surface area contributed by atoms with Gasteiger partial charge in [-0.25, -0.2) is 0 Å². The van der Waals surface area contributed by atoms with E-state index in [1.807, 2.05) is 6.08 Å². The van der Waals surface area contributed by atoms with E-state index < -0.39 is 49.5 Å². The molecule has 1 fully saturated rings. The summed E-state index contributed by atoms with van der Waals surface area (Å²) in [7, 11) is 0. The van der Waals surface area contributed by atoms with Crippen LogP contribution in [0.25, 0.3) is 0 Å². The van der Waals surface area contributed by atoms with Gasteiger partial charge in [0.15, 0.2) is 6.29 Å². The third-order valence-corrected chi connectivity index (χ3v) is 14.9. The first kappa shape index (κ1) is 76.3. The lowest BCUT2D eigenvalue weighted by molar-refractivity contribution is -0.302. The minimum Gasteiger partial charge on any atom is -0.394 e. The molecule has 1 aliphatic heterocycles. The van der Waals surface area contributed by atoms with Gasteiger partial charge in [0.25, 0.3) is 0 Å². The standard InChI is InChI=1S/C73H123NO8/c1-3-5-7-9-11-13-15-17-19-21-23-25-27-29-31-33-35-36-38-40-42-44-46-48-50-52-54-56-58-60-62-67(76)66(65-81-73-72(80)71(79)70(78)68(64-75)82-73)74-69(77)63-61-59-57-55-53-51-49-47-45-43-41-39-37-34-32-30-28-26-24-22-20-18-16-14-12-10-8-6-4-2/h6,8,12,14,18,20,24,26,30,32,37,39,43-46,49,51-52,54,60,62,66-68,70-73,75-76,78-80H,3-5,7,9-11,13,15-17,19,21-23,25,27-29,31,33-36,38,40-42,47-48,50,53,55-59,61,63-65H2,1-2H3,(H,74,77)/b8-6-,14-12-,20-18-,26-24-,32-30-,39-37-,45-43-,46-44+,51-49-,54-52+,62-60+. The molecule has 1 saturated heterocycles. The summed E-state index contributed by atoms with van der Waals surface area (Å²) >= 11 is 0. The van der Waals surface area contributed by atoms with Gasteiger partial charge in [-0.05, 0) is 109 Å². The summed E-state index contributed by atoms with van der Waals surface area (Å²) in [5, 5.41) is 54.6. The highest BCUT2D eigenvalue weighted by molar-refractivity contribution is 5.76. The first-order valence-corrected chi connectivity index (χ1v) is 33.4. The third-order valence-electron chi connectivity index (χ3n) is 14.9. The van der Waals surface area contributed by atoms with E-state index in [4.69, 9.17) is 9.47 Å². The first-order chi connectivity index (χ1) is 40.3. The van der Waals surface area contributed by atoms with E-state index in [1.165, 1.54) is 128 Å². The normalized spacial score (nSPS) is 19.2. The number of nitrogens with one attached hydrogen (secondary N) is 1. The van der Waals surface area contributed by atoms with Crippen LogP contribution in [-0.2, 0) is 14.3 Å². The Labute approximate surface area is 502 Å². The van der Waals surface area contributed by atoms with E-state index in [0.717, 1.165) is 103 Å². The molecular weight excluding hydrogens is 1020 g/mol. The molecule has 1 aliphatic rings. The average Bonchev–Trinajstić information content (AvgIpc) is 3.57. The Balaban J connectivity index is 2.25. The number of aliphatic hydroxyl groups excluding tert-OH is 5. The van der Waals surface area contributed by atoms with Crippen molar-refractivity contribution in [1.82, 2.24) is 5.32 Å². The molecule has 0 aliphatic carbocycles. The van der Waals surface area contributed by atoms with Crippen LogP contribution in [0.2, 0.25) is 0 Å². The molecule has 7 atom stereocenters. The summed E-state index contributed by atoms with van der Waals surface area (Å²) in [6.07, 6.45) is 85.4. The zero-order valence-electron chi connectivity index (χ0n) is 52.2. The van der Waals surface area contributed by atoms with Crippen LogP contribution in [0.3, 0.4) is 0 Å². The first-order valence-electron chi connectivity index (χ1n) is 33.4. The highest BCUT2D eigenvalue weighted by Gasteiger charge is 2.44. The second kappa shape index (κ2) is 60.5. The molecule has 9 nitrogen and oxygen atoms in total. The Kier molecular flexibility index (Phi) is 56.3. The van der Waals surface area contributed by atoms with Gasteiger partial charge in [-0.3, -0.25) is 4.79 Å². The molecular formula is C73H123NO8. The van der Waals surface area contributed by atoms with Crippen molar-refractivity contribution < 1.29 is 39.8 Å². The number of carbonyl (C=O) groups is 1. The van der Waals surface area contributed by atoms with Crippen molar-refractivity contribution in [2.75, 3.05) is 13.2 Å². The van der Waals surface area contributed by atoms with E-state index >= 15 is 0 Å². The Morgan fingerprint density at radius 1 is 0.427 bits per heavy atom. The van der Waals surface area contributed by atoms with Crippen LogP contribution < -0.4 is 5.32 Å². The molecule has 82 heavy (non-hydrogen) atoms. The number of ether oxygens (including phenoxy) is 2. The third kappa shape index (κ3) is 48.7. The summed E-state index contributed by atoms with van der Waals surface area (Å²) in [6.45, 7) is 3.64. The molecule has 0 radical (unpaired) electrons. The summed E-state index contributed by atoms with van der Waals surface area (Å²) in [6, 6.07) is -0.855. The molecule has 468 valence electrons. The Bertz CT molecular complexity index is 1750. The van der Waals surface area contributed by atoms with Crippen molar-refractivity contribution in [3.05, 3.63) is 134 Å². The number of hydrogen-bond donors (Lipinski definition) is 6. The summed E-state index contributed by atoms with van der Waals surface area (Å²) in [5.74, 6) is -0.219. The second-order valence-corrected chi connectivity index (χ2v) is 22.5. The number of aliphatic hydroxyl groups is 5. The van der Waals surface area contributed by atoms with Crippen LogP contribution in [0.1, 0.15) is 264 Å². The van der Waals surface area contributed by atoms with E-state index in [2.05, 4.69) is 141 Å². The largest absolute Gasteiger partial charge is 0.394 e. The molecule has 7 unspecified atom stereocenters. The molecule has 1 heterocycles. The van der Waals surface area contributed by atoms with Gasteiger partial charge in [-0.15, -0.1) is 0 Å². The van der Waals surface area contributed by atoms with Gasteiger partial charge in [0.05, 0.1) is 25.4 Å². The lowest BCUT2D eigenvalue weighted by Crippen LogP contribution is -2.60. The van der Waals surface area contributed by atoms with Crippen molar-refractivity contribution in [3.8, 4) is 0 Å². The molecule has 6 N–H and O–H groups in total. The lowest BCUT2D eigenvalue weighted by atomic mass is 9.99. The van der Waals surface area contributed by atoms with Gasteiger partial charge in [0, 0.05) is 6.42 Å². The van der Waals surface area contributed by atoms with Crippen LogP contribution >= 0.6 is 0 Å². The number of carbonyl (C=O) groups excluding carboxylic acids is 1. The topological polar surface area (TPSA) is 149 Å². The zero-order valence-corrected chi connectivity index (χ0v) is 52.2. The monoisotopic (exact) mass is 1140 g/mol. The predicted octanol–water partition coefficient (Wildman–Crippen LogP) is 18.0. The lowest BCUT2D eigenvalue weighted by Gasteiger charge is -2.40. The molecule has 0 aromatic rings. The van der Waals surface area contributed by atoms with Gasteiger partial charge in [0.2, 0.25) is 5.91 Å². The summed E-state index contributed by atoms with van der Waals surface area (Å²) in [4.78, 5) is 13.1. The van der Waals surface area contributed by atoms with Gasteiger partial charge in [-0.1, -0.05) is 282 Å². The SMILES string of the molecule is CC/C=C\C/C=C\C/C=C\C/C=C\C/C=C\C/C=C\C/C=C\C/C=C\CCCCCCC(=O)NC(COC1OC(CO)C(O)C(O)C1O)C(O)/C=C/CC/C=C/CC/C=C/CCCCCCCCCCCCCCCCCCCCCC. The van der Waals surface area contributed by atoms with Gasteiger partial charge < -0.3 is 40.3 Å². The number of unbranched alkanes of at least 4 members (excludes halogenated alkanes) is 26. The van der Waals surface area contributed by atoms with Gasteiger partial charge in [0.1, 0.15) is 24.4 Å². The number of hydrogen-bond acceptors (Lipinski definition) is 8. The van der Waals surface area contributed by atoms with Crippen molar-refractivity contribution >= 4 is 5.91 Å². The predicted molar refractivity (Wildman–Crippen MR) is 350 cm³/mol. The van der Waals surface area contributed by atoms with E-state index in [0.29, 0.717) is 19.3 Å². The van der Waals surface area contributed by atoms with Crippen molar-refractivity contribution in [1.29, 1.82) is 0 Å². The van der Waals surface area contributed by atoms with Crippen molar-refractivity contribution in [3.63, 3.8) is 0 Å². The number of allylic oxidation sites excluding steroid dienone is 21. The van der Waals surface area contributed by atoms with Crippen LogP contribution in [0.4, 0.5) is 0 Å². The van der Waals surface area contributed by atoms with Crippen molar-refractivity contribution in [2.45, 2.75) is 307 Å². The molecule has 1 amide bonds. The Morgan fingerprint density at radius 2 is 0.768 bits per heavy atom. The fraction of sp³-hybridized carbons (Fsp3) is 0.685. The minimum absolute atomic E-state index is 0.219. The number of amides is 1. The quantitative estimate of drug-likeness (QED) is 0.0261. The Hall–Kier alpha value is -3.67. The molecule has 0 saturated carbocycles. The van der Waals surface area contributed by atoms with E-state index in [-0.39, 0.29) is 12.5 Å². The zero-order chi connectivity index (χ0) is 59.3. The van der Waals surface area contributed by atoms with Gasteiger partial charge in [-0.2, -0.15) is 0 Å². The summed E-state index contributed by atoms with van der Waals surface area (Å²) in [5.41, 5.74) is 0. The minimum atomic E-state index is -1.59. The average molecular weight is 1140 g/mol. The smallest absolute Gasteiger partial charge is 0.220 e. The molecule has 0 aromatic heterocycles. The second-order valence-electron chi connectivity index (χ2n) is 22.5. The fourth-order valence-electron chi connectivity index (χ4n) is 9.73. The van der Waals surface area contributed by atoms with Crippen molar-refractivity contribution in [2.24, 2.45) is 0 Å². The maximum absolute atomic E-state index is 13.1. The fourth-order valence-corrected chi connectivity index (χ4v) is 9.73. The molecule has 1 rings (SSSR count). The van der Waals surface area contributed by atoms with Crippen LogP contribution in [0, 0.1) is 0 Å². The molecule has 0 aromatic carbocycles. The van der Waals surface area contributed by atoms with Gasteiger partial charge >= 0.3 is 0 Å². The number of rotatable bonds is 56. The molecule has 0 spiro atoms. The Morgan fingerprint density at radius 3 is 1.17 bits per heavy atom. The molecule has 9 heteroatoms. The van der Waals surface area contributed by atoms with Crippen LogP contribution in [0.5, 0.6) is 0 Å². The summed E-state index contributed by atoms with van der Waals surface area (Å²) < 4.78 is 11.3. The maximum Gasteiger partial charge on any atom is 0.220 e.